The van der Waals surface area contributed by atoms with E-state index < -0.39 is 47.0 Å². The van der Waals surface area contributed by atoms with Crippen LogP contribution in [0.3, 0.4) is 0 Å². The predicted molar refractivity (Wildman–Crippen MR) is 74.1 cm³/mol. The topological polar surface area (TPSA) is 54.5 Å². The largest absolute Gasteiger partial charge is 0.444 e. The third-order valence-corrected chi connectivity index (χ3v) is 3.20. The molecule has 0 spiro atoms. The molecule has 0 aromatic carbocycles. The molecule has 0 aliphatic carbocycles. The molecule has 1 saturated heterocycles. The number of aromatic nitrogens is 1. The lowest BCUT2D eigenvalue weighted by molar-refractivity contribution is 0.0509. The number of alkyl carbamates (subject to hydrolysis) is 1. The van der Waals surface area contributed by atoms with Gasteiger partial charge < -0.3 is 15.0 Å². The van der Waals surface area contributed by atoms with Crippen LogP contribution >= 0.6 is 0 Å². The number of amides is 1. The van der Waals surface area contributed by atoms with Crippen molar-refractivity contribution in [3.63, 3.8) is 0 Å². The number of rotatable bonds is 2. The minimum absolute atomic E-state index is 0.00399. The molecule has 0 unspecified atom stereocenters. The number of ether oxygens (including phenoxy) is 1. The van der Waals surface area contributed by atoms with Gasteiger partial charge in [0.15, 0.2) is 0 Å². The molecule has 0 bridgehead atoms. The van der Waals surface area contributed by atoms with Gasteiger partial charge in [0.05, 0.1) is 6.04 Å². The Hall–Kier alpha value is -2.06. The molecule has 5 nitrogen and oxygen atoms in total. The summed E-state index contributed by atoms with van der Waals surface area (Å²) in [6, 6.07) is -0.456. The maximum atomic E-state index is 13.7. The van der Waals surface area contributed by atoms with Crippen LogP contribution in [0, 0.1) is 23.5 Å². The monoisotopic (exact) mass is 335 g/mol. The normalized spacial score (nSPS) is 18.2. The molecule has 1 aliphatic rings. The summed E-state index contributed by atoms with van der Waals surface area (Å²) in [7, 11) is 0. The van der Waals surface area contributed by atoms with Gasteiger partial charge in [-0.15, -0.1) is 0 Å². The van der Waals surface area contributed by atoms with Gasteiger partial charge in [0.1, 0.15) is 11.3 Å². The fourth-order valence-electron chi connectivity index (χ4n) is 2.31. The second kappa shape index (κ2) is 6.21. The smallest absolute Gasteiger partial charge is 0.407 e. The Morgan fingerprint density at radius 2 is 1.78 bits per heavy atom. The SMILES string of the molecule is CC(C)(C)OC(=O)N[C@H]1CCN(c2c(F)c(F)nc(F)c2F)C1. The lowest BCUT2D eigenvalue weighted by Crippen LogP contribution is -2.40. The van der Waals surface area contributed by atoms with E-state index >= 15 is 0 Å². The van der Waals surface area contributed by atoms with E-state index in [2.05, 4.69) is 10.3 Å². The summed E-state index contributed by atoms with van der Waals surface area (Å²) in [5.74, 6) is -6.52. The molecule has 1 aromatic heterocycles. The van der Waals surface area contributed by atoms with E-state index in [1.54, 1.807) is 20.8 Å². The second-order valence-corrected chi connectivity index (χ2v) is 6.25. The maximum absolute atomic E-state index is 13.7. The lowest BCUT2D eigenvalue weighted by atomic mass is 10.2. The van der Waals surface area contributed by atoms with Crippen molar-refractivity contribution in [3.8, 4) is 0 Å². The zero-order valence-electron chi connectivity index (χ0n) is 12.9. The Kier molecular flexibility index (Phi) is 4.67. The summed E-state index contributed by atoms with van der Waals surface area (Å²) >= 11 is 0. The van der Waals surface area contributed by atoms with Crippen LogP contribution in [0.2, 0.25) is 0 Å². The molecule has 2 heterocycles. The number of pyridine rings is 1. The Bertz CT molecular complexity index is 593. The second-order valence-electron chi connectivity index (χ2n) is 6.25. The van der Waals surface area contributed by atoms with Crippen molar-refractivity contribution in [3.05, 3.63) is 23.5 Å². The van der Waals surface area contributed by atoms with Gasteiger partial charge in [-0.3, -0.25) is 0 Å². The molecule has 2 rings (SSSR count). The minimum atomic E-state index is -1.71. The van der Waals surface area contributed by atoms with Gasteiger partial charge in [-0.05, 0) is 27.2 Å². The fourth-order valence-corrected chi connectivity index (χ4v) is 2.31. The number of halogens is 4. The average molecular weight is 335 g/mol. The Labute approximate surface area is 130 Å². The van der Waals surface area contributed by atoms with Crippen LogP contribution in [0.25, 0.3) is 0 Å². The van der Waals surface area contributed by atoms with Gasteiger partial charge >= 0.3 is 6.09 Å². The highest BCUT2D eigenvalue weighted by Gasteiger charge is 2.32. The molecule has 128 valence electrons. The molecular weight excluding hydrogens is 318 g/mol. The zero-order valence-corrected chi connectivity index (χ0v) is 12.9. The Morgan fingerprint density at radius 1 is 1.22 bits per heavy atom. The van der Waals surface area contributed by atoms with E-state index in [1.165, 1.54) is 0 Å². The highest BCUT2D eigenvalue weighted by Crippen LogP contribution is 2.29. The summed E-state index contributed by atoms with van der Waals surface area (Å²) in [4.78, 5) is 15.3. The van der Waals surface area contributed by atoms with Crippen molar-refractivity contribution in [1.29, 1.82) is 0 Å². The lowest BCUT2D eigenvalue weighted by Gasteiger charge is -2.22. The maximum Gasteiger partial charge on any atom is 0.407 e. The van der Waals surface area contributed by atoms with Crippen molar-refractivity contribution in [2.45, 2.75) is 38.8 Å². The van der Waals surface area contributed by atoms with Crippen molar-refractivity contribution >= 4 is 11.8 Å². The first-order valence-corrected chi connectivity index (χ1v) is 7.03. The number of anilines is 1. The molecule has 23 heavy (non-hydrogen) atoms. The minimum Gasteiger partial charge on any atom is -0.444 e. The predicted octanol–water partition coefficient (Wildman–Crippen LogP) is 2.74. The van der Waals surface area contributed by atoms with Crippen LogP contribution in [-0.4, -0.2) is 35.8 Å². The summed E-state index contributed by atoms with van der Waals surface area (Å²) < 4.78 is 58.8. The van der Waals surface area contributed by atoms with Crippen molar-refractivity contribution in [1.82, 2.24) is 10.3 Å². The number of hydrogen-bond donors (Lipinski definition) is 1. The molecule has 1 aliphatic heterocycles. The highest BCUT2D eigenvalue weighted by molar-refractivity contribution is 5.68. The number of carbonyl (C=O) groups excluding carboxylic acids is 1. The summed E-state index contributed by atoms with van der Waals surface area (Å²) in [5.41, 5.74) is -1.50. The first-order chi connectivity index (χ1) is 10.6. The van der Waals surface area contributed by atoms with E-state index in [1.807, 2.05) is 0 Å². The molecule has 1 amide bonds. The van der Waals surface area contributed by atoms with Crippen LogP contribution in [0.5, 0.6) is 0 Å². The van der Waals surface area contributed by atoms with Gasteiger partial charge in [-0.1, -0.05) is 0 Å². The van der Waals surface area contributed by atoms with E-state index in [0.717, 1.165) is 4.90 Å². The van der Waals surface area contributed by atoms with Gasteiger partial charge in [0.25, 0.3) is 11.9 Å². The molecular formula is C14H17F4N3O2. The van der Waals surface area contributed by atoms with Crippen molar-refractivity contribution < 1.29 is 27.1 Å². The van der Waals surface area contributed by atoms with E-state index in [9.17, 15) is 22.4 Å². The summed E-state index contributed by atoms with van der Waals surface area (Å²) in [5, 5.41) is 2.55. The van der Waals surface area contributed by atoms with Crippen LogP contribution in [0.15, 0.2) is 0 Å². The average Bonchev–Trinajstić information content (AvgIpc) is 2.82. The molecule has 1 atom stereocenters. The van der Waals surface area contributed by atoms with E-state index in [-0.39, 0.29) is 13.1 Å². The zero-order chi connectivity index (χ0) is 17.4. The quantitative estimate of drug-likeness (QED) is 0.667. The Balaban J connectivity index is 2.08. The molecule has 1 N–H and O–H groups in total. The molecule has 0 radical (unpaired) electrons. The van der Waals surface area contributed by atoms with Gasteiger partial charge in [-0.25, -0.2) is 4.79 Å². The van der Waals surface area contributed by atoms with Crippen molar-refractivity contribution in [2.24, 2.45) is 0 Å². The molecule has 0 saturated carbocycles. The van der Waals surface area contributed by atoms with Crippen LogP contribution in [0.4, 0.5) is 28.0 Å². The number of nitrogens with zero attached hydrogens (tertiary/aromatic N) is 2. The third kappa shape index (κ3) is 4.02. The van der Waals surface area contributed by atoms with Gasteiger partial charge in [0.2, 0.25) is 11.6 Å². The highest BCUT2D eigenvalue weighted by atomic mass is 19.2. The van der Waals surface area contributed by atoms with Crippen LogP contribution < -0.4 is 10.2 Å². The number of hydrogen-bond acceptors (Lipinski definition) is 4. The first kappa shape index (κ1) is 17.3. The molecule has 9 heteroatoms. The van der Waals surface area contributed by atoms with Crippen LogP contribution in [0.1, 0.15) is 27.2 Å². The first-order valence-electron chi connectivity index (χ1n) is 7.03. The molecule has 1 aromatic rings. The Morgan fingerprint density at radius 3 is 2.30 bits per heavy atom. The van der Waals surface area contributed by atoms with Crippen molar-refractivity contribution in [2.75, 3.05) is 18.0 Å². The summed E-state index contributed by atoms with van der Waals surface area (Å²) in [6.07, 6.45) is -0.318. The van der Waals surface area contributed by atoms with E-state index in [4.69, 9.17) is 4.74 Å². The summed E-state index contributed by atoms with van der Waals surface area (Å²) in [6.45, 7) is 5.20. The van der Waals surface area contributed by atoms with Crippen LogP contribution in [-0.2, 0) is 4.74 Å². The van der Waals surface area contributed by atoms with Gasteiger partial charge in [-0.2, -0.15) is 22.5 Å². The fraction of sp³-hybridized carbons (Fsp3) is 0.571. The molecule has 1 fully saturated rings. The third-order valence-electron chi connectivity index (χ3n) is 3.20. The van der Waals surface area contributed by atoms with E-state index in [0.29, 0.717) is 6.42 Å². The standard InChI is InChI=1S/C14H17F4N3O2/c1-14(2,3)23-13(22)19-7-4-5-21(6-7)10-8(15)11(17)20-12(18)9(10)16/h7H,4-6H2,1-3H3,(H,19,22)/t7-/m0/s1. The number of nitrogens with one attached hydrogen (secondary N) is 1. The van der Waals surface area contributed by atoms with Gasteiger partial charge in [0, 0.05) is 13.1 Å². The number of carbonyl (C=O) groups is 1.